The molecule has 3 aromatic rings. The molecule has 0 N–H and O–H groups in total. The molecule has 0 unspecified atom stereocenters. The van der Waals surface area contributed by atoms with E-state index in [1.807, 2.05) is 36.4 Å². The molecule has 3 rings (SSSR count). The average Bonchev–Trinajstić information content (AvgIpc) is 2.77. The minimum absolute atomic E-state index is 0.518. The van der Waals surface area contributed by atoms with Gasteiger partial charge < -0.3 is 14.2 Å². The zero-order chi connectivity index (χ0) is 20.6. The van der Waals surface area contributed by atoms with Crippen molar-refractivity contribution in [2.45, 2.75) is 13.5 Å². The molecule has 0 aromatic heterocycles. The van der Waals surface area contributed by atoms with Crippen molar-refractivity contribution in [3.05, 3.63) is 89.0 Å². The number of nitrogens with zero attached hydrogens (tertiary/aromatic N) is 1. The molecule has 0 radical (unpaired) electrons. The number of allylic oxidation sites excluding steroid dienone is 1. The van der Waals surface area contributed by atoms with Gasteiger partial charge >= 0.3 is 0 Å². The number of benzene rings is 3. The fourth-order valence-electron chi connectivity index (χ4n) is 2.86. The van der Waals surface area contributed by atoms with Crippen LogP contribution < -0.4 is 14.2 Å². The Morgan fingerprint density at radius 3 is 2.21 bits per heavy atom. The Morgan fingerprint density at radius 1 is 0.897 bits per heavy atom. The SMILES string of the molecule is COc1ccc(/C(C#N)=C/c2ccc(OCc3ccc(C)cc3)cc2)cc1OC. The van der Waals surface area contributed by atoms with E-state index in [0.29, 0.717) is 23.7 Å². The van der Waals surface area contributed by atoms with Gasteiger partial charge in [-0.15, -0.1) is 0 Å². The Morgan fingerprint density at radius 2 is 1.59 bits per heavy atom. The minimum Gasteiger partial charge on any atom is -0.493 e. The molecule has 0 aliphatic rings. The zero-order valence-electron chi connectivity index (χ0n) is 16.8. The van der Waals surface area contributed by atoms with Gasteiger partial charge in [0.2, 0.25) is 0 Å². The molecular formula is C25H23NO3. The van der Waals surface area contributed by atoms with E-state index in [9.17, 15) is 5.26 Å². The molecule has 0 fully saturated rings. The van der Waals surface area contributed by atoms with Crippen LogP contribution in [0.3, 0.4) is 0 Å². The highest BCUT2D eigenvalue weighted by Gasteiger charge is 2.08. The summed E-state index contributed by atoms with van der Waals surface area (Å²) in [7, 11) is 3.16. The van der Waals surface area contributed by atoms with Gasteiger partial charge in [-0.2, -0.15) is 5.26 Å². The summed E-state index contributed by atoms with van der Waals surface area (Å²) in [6, 6.07) is 23.6. The van der Waals surface area contributed by atoms with E-state index in [-0.39, 0.29) is 0 Å². The Balaban J connectivity index is 1.73. The third kappa shape index (κ3) is 5.18. The third-order valence-corrected chi connectivity index (χ3v) is 4.53. The van der Waals surface area contributed by atoms with Gasteiger partial charge in [-0.05, 0) is 60.0 Å². The van der Waals surface area contributed by atoms with Crippen molar-refractivity contribution in [3.63, 3.8) is 0 Å². The molecule has 0 atom stereocenters. The van der Waals surface area contributed by atoms with Crippen molar-refractivity contribution in [3.8, 4) is 23.3 Å². The number of ether oxygens (including phenoxy) is 3. The lowest BCUT2D eigenvalue weighted by atomic mass is 10.0. The van der Waals surface area contributed by atoms with Crippen LogP contribution in [0.1, 0.15) is 22.3 Å². The molecular weight excluding hydrogens is 362 g/mol. The minimum atomic E-state index is 0.518. The van der Waals surface area contributed by atoms with Crippen LogP contribution in [-0.2, 0) is 6.61 Å². The van der Waals surface area contributed by atoms with Gasteiger partial charge in [-0.25, -0.2) is 0 Å². The van der Waals surface area contributed by atoms with Crippen molar-refractivity contribution in [2.75, 3.05) is 14.2 Å². The lowest BCUT2D eigenvalue weighted by Crippen LogP contribution is -1.95. The Labute approximate surface area is 171 Å². The van der Waals surface area contributed by atoms with Gasteiger partial charge in [0.05, 0.1) is 25.9 Å². The summed E-state index contributed by atoms with van der Waals surface area (Å²) in [5.74, 6) is 2.00. The Hall–Kier alpha value is -3.71. The summed E-state index contributed by atoms with van der Waals surface area (Å²) in [4.78, 5) is 0. The van der Waals surface area contributed by atoms with Crippen LogP contribution >= 0.6 is 0 Å². The Bertz CT molecular complexity index is 1030. The molecule has 146 valence electrons. The highest BCUT2D eigenvalue weighted by Crippen LogP contribution is 2.31. The van der Waals surface area contributed by atoms with Crippen LogP contribution in [0.5, 0.6) is 17.2 Å². The molecule has 3 aromatic carbocycles. The van der Waals surface area contributed by atoms with Gasteiger partial charge in [-0.3, -0.25) is 0 Å². The van der Waals surface area contributed by atoms with E-state index in [1.54, 1.807) is 26.4 Å². The molecule has 0 saturated carbocycles. The highest BCUT2D eigenvalue weighted by atomic mass is 16.5. The molecule has 4 heteroatoms. The van der Waals surface area contributed by atoms with Gasteiger partial charge in [-0.1, -0.05) is 42.0 Å². The van der Waals surface area contributed by atoms with Crippen molar-refractivity contribution in [2.24, 2.45) is 0 Å². The predicted octanol–water partition coefficient (Wildman–Crippen LogP) is 5.66. The first-order valence-corrected chi connectivity index (χ1v) is 9.25. The summed E-state index contributed by atoms with van der Waals surface area (Å²) in [5, 5.41) is 9.60. The normalized spacial score (nSPS) is 10.9. The van der Waals surface area contributed by atoms with Crippen LogP contribution in [0.15, 0.2) is 66.7 Å². The number of aryl methyl sites for hydroxylation is 1. The second-order valence-corrected chi connectivity index (χ2v) is 6.58. The number of nitriles is 1. The second kappa shape index (κ2) is 9.48. The van der Waals surface area contributed by atoms with Crippen molar-refractivity contribution in [1.29, 1.82) is 5.26 Å². The van der Waals surface area contributed by atoms with Crippen LogP contribution in [0.25, 0.3) is 11.6 Å². The average molecular weight is 385 g/mol. The molecule has 29 heavy (non-hydrogen) atoms. The largest absolute Gasteiger partial charge is 0.493 e. The Kier molecular flexibility index (Phi) is 6.55. The summed E-state index contributed by atoms with van der Waals surface area (Å²) < 4.78 is 16.4. The standard InChI is InChI=1S/C25H23NO3/c1-18-4-6-20(7-5-18)17-29-23-11-8-19(9-12-23)14-22(16-26)21-10-13-24(27-2)25(15-21)28-3/h4-15H,17H2,1-3H3/b22-14+. The maximum atomic E-state index is 9.60. The van der Waals surface area contributed by atoms with Gasteiger partial charge in [0.15, 0.2) is 11.5 Å². The fraction of sp³-hybridized carbons (Fsp3) is 0.160. The highest BCUT2D eigenvalue weighted by molar-refractivity contribution is 5.90. The smallest absolute Gasteiger partial charge is 0.161 e. The topological polar surface area (TPSA) is 51.5 Å². The number of hydrogen-bond acceptors (Lipinski definition) is 4. The molecule has 0 spiro atoms. The van der Waals surface area contributed by atoms with Crippen LogP contribution in [0.2, 0.25) is 0 Å². The van der Waals surface area contributed by atoms with E-state index < -0.39 is 0 Å². The van der Waals surface area contributed by atoms with E-state index >= 15 is 0 Å². The molecule has 0 amide bonds. The second-order valence-electron chi connectivity index (χ2n) is 6.58. The first-order chi connectivity index (χ1) is 14.1. The molecule has 4 nitrogen and oxygen atoms in total. The maximum Gasteiger partial charge on any atom is 0.161 e. The molecule has 0 bridgehead atoms. The fourth-order valence-corrected chi connectivity index (χ4v) is 2.86. The maximum absolute atomic E-state index is 9.60. The van der Waals surface area contributed by atoms with Crippen molar-refractivity contribution in [1.82, 2.24) is 0 Å². The van der Waals surface area contributed by atoms with Gasteiger partial charge in [0, 0.05) is 0 Å². The lowest BCUT2D eigenvalue weighted by molar-refractivity contribution is 0.306. The molecule has 0 aliphatic carbocycles. The van der Waals surface area contributed by atoms with Crippen LogP contribution in [0.4, 0.5) is 0 Å². The van der Waals surface area contributed by atoms with Gasteiger partial charge in [0.25, 0.3) is 0 Å². The quantitative estimate of drug-likeness (QED) is 0.389. The van der Waals surface area contributed by atoms with Crippen molar-refractivity contribution < 1.29 is 14.2 Å². The summed E-state index contributed by atoms with van der Waals surface area (Å²) >= 11 is 0. The molecule has 0 aliphatic heterocycles. The van der Waals surface area contributed by atoms with E-state index in [0.717, 1.165) is 22.4 Å². The summed E-state index contributed by atoms with van der Waals surface area (Å²) in [6.45, 7) is 2.58. The summed E-state index contributed by atoms with van der Waals surface area (Å²) in [5.41, 5.74) is 4.58. The van der Waals surface area contributed by atoms with Crippen molar-refractivity contribution >= 4 is 11.6 Å². The number of rotatable bonds is 7. The predicted molar refractivity (Wildman–Crippen MR) is 115 cm³/mol. The molecule has 0 heterocycles. The zero-order valence-corrected chi connectivity index (χ0v) is 16.8. The number of hydrogen-bond donors (Lipinski definition) is 0. The first kappa shape index (κ1) is 20.0. The van der Waals surface area contributed by atoms with E-state index in [4.69, 9.17) is 14.2 Å². The van der Waals surface area contributed by atoms with Gasteiger partial charge in [0.1, 0.15) is 12.4 Å². The third-order valence-electron chi connectivity index (χ3n) is 4.53. The summed E-state index contributed by atoms with van der Waals surface area (Å²) in [6.07, 6.45) is 1.84. The molecule has 0 saturated heterocycles. The van der Waals surface area contributed by atoms with E-state index in [1.165, 1.54) is 5.56 Å². The monoisotopic (exact) mass is 385 g/mol. The first-order valence-electron chi connectivity index (χ1n) is 9.25. The van der Waals surface area contributed by atoms with Crippen LogP contribution in [-0.4, -0.2) is 14.2 Å². The van der Waals surface area contributed by atoms with Crippen LogP contribution in [0, 0.1) is 18.3 Å². The van der Waals surface area contributed by atoms with E-state index in [2.05, 4.69) is 37.3 Å². The number of methoxy groups -OCH3 is 2. The lowest BCUT2D eigenvalue weighted by Gasteiger charge is -2.09.